The van der Waals surface area contributed by atoms with Crippen LogP contribution < -0.4 is 10.6 Å². The van der Waals surface area contributed by atoms with Crippen LogP contribution >= 0.6 is 11.6 Å². The van der Waals surface area contributed by atoms with E-state index in [2.05, 4.69) is 10.6 Å². The Labute approximate surface area is 196 Å². The summed E-state index contributed by atoms with van der Waals surface area (Å²) in [6.45, 7) is 3.46. The maximum absolute atomic E-state index is 13.4. The summed E-state index contributed by atoms with van der Waals surface area (Å²) in [5, 5.41) is 6.45. The van der Waals surface area contributed by atoms with Gasteiger partial charge in [0, 0.05) is 23.3 Å². The standard InChI is InChI=1S/C26H22ClN3O3/c1-16-14-20(27)10-13-22(16)29-24-23(19-8-11-21(12-9-19)28-17(2)31)25(32)30(26(24)33)15-18-6-4-3-5-7-18/h3-14,29H,15H2,1-2H3,(H,28,31). The number of carbonyl (C=O) groups excluding carboxylic acids is 3. The third kappa shape index (κ3) is 4.81. The van der Waals surface area contributed by atoms with Gasteiger partial charge in [-0.3, -0.25) is 19.3 Å². The van der Waals surface area contributed by atoms with E-state index in [0.717, 1.165) is 11.1 Å². The van der Waals surface area contributed by atoms with Gasteiger partial charge in [-0.15, -0.1) is 0 Å². The molecule has 1 aliphatic heterocycles. The van der Waals surface area contributed by atoms with Crippen molar-refractivity contribution < 1.29 is 14.4 Å². The molecule has 0 saturated carbocycles. The molecule has 33 heavy (non-hydrogen) atoms. The molecular weight excluding hydrogens is 438 g/mol. The zero-order valence-corrected chi connectivity index (χ0v) is 18.9. The van der Waals surface area contributed by atoms with Crippen LogP contribution in [0.2, 0.25) is 5.02 Å². The van der Waals surface area contributed by atoms with Crippen molar-refractivity contribution in [2.75, 3.05) is 10.6 Å². The average Bonchev–Trinajstić information content (AvgIpc) is 3.01. The normalized spacial score (nSPS) is 13.5. The van der Waals surface area contributed by atoms with E-state index in [1.54, 1.807) is 42.5 Å². The van der Waals surface area contributed by atoms with Crippen molar-refractivity contribution in [2.45, 2.75) is 20.4 Å². The van der Waals surface area contributed by atoms with E-state index < -0.39 is 5.91 Å². The fraction of sp³-hybridized carbons (Fsp3) is 0.115. The lowest BCUT2D eigenvalue weighted by Crippen LogP contribution is -2.32. The number of imide groups is 1. The second-order valence-corrected chi connectivity index (χ2v) is 8.21. The van der Waals surface area contributed by atoms with Gasteiger partial charge < -0.3 is 10.6 Å². The Kier molecular flexibility index (Phi) is 6.29. The predicted octanol–water partition coefficient (Wildman–Crippen LogP) is 5.00. The van der Waals surface area contributed by atoms with Gasteiger partial charge in [0.15, 0.2) is 0 Å². The van der Waals surface area contributed by atoms with Gasteiger partial charge in [-0.1, -0.05) is 54.1 Å². The van der Waals surface area contributed by atoms with E-state index in [9.17, 15) is 14.4 Å². The van der Waals surface area contributed by atoms with Crippen LogP contribution in [0.1, 0.15) is 23.6 Å². The molecule has 7 heteroatoms. The van der Waals surface area contributed by atoms with Crippen molar-refractivity contribution in [2.24, 2.45) is 0 Å². The molecule has 1 aliphatic rings. The van der Waals surface area contributed by atoms with Crippen molar-refractivity contribution in [3.05, 3.63) is 100 Å². The van der Waals surface area contributed by atoms with Gasteiger partial charge in [0.2, 0.25) is 5.91 Å². The first-order valence-corrected chi connectivity index (χ1v) is 10.8. The van der Waals surface area contributed by atoms with Gasteiger partial charge in [-0.2, -0.15) is 0 Å². The van der Waals surface area contributed by atoms with Crippen molar-refractivity contribution >= 4 is 46.3 Å². The van der Waals surface area contributed by atoms with Crippen molar-refractivity contribution in [3.63, 3.8) is 0 Å². The second-order valence-electron chi connectivity index (χ2n) is 7.77. The highest BCUT2D eigenvalue weighted by Gasteiger charge is 2.39. The minimum Gasteiger partial charge on any atom is -0.350 e. The van der Waals surface area contributed by atoms with Crippen LogP contribution in [0.25, 0.3) is 5.57 Å². The SMILES string of the molecule is CC(=O)Nc1ccc(C2=C(Nc3ccc(Cl)cc3C)C(=O)N(Cc3ccccc3)C2=O)cc1. The minimum atomic E-state index is -0.404. The first-order valence-electron chi connectivity index (χ1n) is 10.4. The van der Waals surface area contributed by atoms with Crippen LogP contribution in [-0.2, 0) is 20.9 Å². The maximum atomic E-state index is 13.4. The van der Waals surface area contributed by atoms with E-state index in [1.807, 2.05) is 37.3 Å². The third-order valence-corrected chi connectivity index (χ3v) is 5.53. The quantitative estimate of drug-likeness (QED) is 0.508. The molecule has 3 amide bonds. The fourth-order valence-electron chi connectivity index (χ4n) is 3.69. The van der Waals surface area contributed by atoms with E-state index in [1.165, 1.54) is 11.8 Å². The molecule has 0 bridgehead atoms. The molecule has 0 atom stereocenters. The second kappa shape index (κ2) is 9.30. The highest BCUT2D eigenvalue weighted by Crippen LogP contribution is 2.33. The third-order valence-electron chi connectivity index (χ3n) is 5.29. The lowest BCUT2D eigenvalue weighted by atomic mass is 10.0. The van der Waals surface area contributed by atoms with Gasteiger partial charge in [0.05, 0.1) is 12.1 Å². The highest BCUT2D eigenvalue weighted by atomic mass is 35.5. The van der Waals surface area contributed by atoms with E-state index >= 15 is 0 Å². The Hall–Kier alpha value is -3.90. The molecule has 1 heterocycles. The fourth-order valence-corrected chi connectivity index (χ4v) is 3.92. The molecule has 4 rings (SSSR count). The largest absolute Gasteiger partial charge is 0.350 e. The number of benzene rings is 3. The number of hydrogen-bond donors (Lipinski definition) is 2. The number of nitrogens with one attached hydrogen (secondary N) is 2. The summed E-state index contributed by atoms with van der Waals surface area (Å²) >= 11 is 6.08. The van der Waals surface area contributed by atoms with Crippen LogP contribution in [0.3, 0.4) is 0 Å². The first-order chi connectivity index (χ1) is 15.8. The highest BCUT2D eigenvalue weighted by molar-refractivity contribution is 6.36. The minimum absolute atomic E-state index is 0.163. The summed E-state index contributed by atoms with van der Waals surface area (Å²) < 4.78 is 0. The summed E-state index contributed by atoms with van der Waals surface area (Å²) in [5.74, 6) is -0.979. The Morgan fingerprint density at radius 3 is 2.27 bits per heavy atom. The van der Waals surface area contributed by atoms with Crippen LogP contribution in [0, 0.1) is 6.92 Å². The molecule has 0 fully saturated rings. The van der Waals surface area contributed by atoms with Crippen LogP contribution in [-0.4, -0.2) is 22.6 Å². The Morgan fingerprint density at radius 1 is 0.939 bits per heavy atom. The molecule has 2 N–H and O–H groups in total. The predicted molar refractivity (Wildman–Crippen MR) is 129 cm³/mol. The molecule has 0 unspecified atom stereocenters. The zero-order valence-electron chi connectivity index (χ0n) is 18.2. The van der Waals surface area contributed by atoms with E-state index in [0.29, 0.717) is 22.0 Å². The maximum Gasteiger partial charge on any atom is 0.278 e. The van der Waals surface area contributed by atoms with Crippen LogP contribution in [0.4, 0.5) is 11.4 Å². The van der Waals surface area contributed by atoms with Gasteiger partial charge in [-0.25, -0.2) is 0 Å². The molecule has 0 radical (unpaired) electrons. The molecular formula is C26H22ClN3O3. The molecule has 166 valence electrons. The number of rotatable bonds is 6. The molecule has 6 nitrogen and oxygen atoms in total. The Bertz CT molecular complexity index is 1270. The Morgan fingerprint density at radius 2 is 1.64 bits per heavy atom. The molecule has 0 spiro atoms. The van der Waals surface area contributed by atoms with E-state index in [4.69, 9.17) is 11.6 Å². The molecule has 0 aromatic heterocycles. The summed E-state index contributed by atoms with van der Waals surface area (Å²) in [5.41, 5.74) is 4.04. The summed E-state index contributed by atoms with van der Waals surface area (Å²) in [6.07, 6.45) is 0. The van der Waals surface area contributed by atoms with E-state index in [-0.39, 0.29) is 29.6 Å². The number of halogens is 1. The first kappa shape index (κ1) is 22.3. The number of hydrogen-bond acceptors (Lipinski definition) is 4. The van der Waals surface area contributed by atoms with Crippen LogP contribution in [0.15, 0.2) is 78.5 Å². The smallest absolute Gasteiger partial charge is 0.278 e. The lowest BCUT2D eigenvalue weighted by molar-refractivity contribution is -0.137. The summed E-state index contributed by atoms with van der Waals surface area (Å²) in [6, 6.07) is 21.5. The number of aryl methyl sites for hydroxylation is 1. The van der Waals surface area contributed by atoms with Crippen molar-refractivity contribution in [1.29, 1.82) is 0 Å². The van der Waals surface area contributed by atoms with Gasteiger partial charge in [0.1, 0.15) is 5.70 Å². The summed E-state index contributed by atoms with van der Waals surface area (Å²) in [7, 11) is 0. The molecule has 0 aliphatic carbocycles. The lowest BCUT2D eigenvalue weighted by Gasteiger charge is -2.16. The topological polar surface area (TPSA) is 78.5 Å². The zero-order chi connectivity index (χ0) is 23.5. The number of amides is 3. The number of carbonyl (C=O) groups is 3. The molecule has 3 aromatic rings. The van der Waals surface area contributed by atoms with Gasteiger partial charge in [0.25, 0.3) is 11.8 Å². The van der Waals surface area contributed by atoms with Gasteiger partial charge >= 0.3 is 0 Å². The number of nitrogens with zero attached hydrogens (tertiary/aromatic N) is 1. The van der Waals surface area contributed by atoms with Crippen molar-refractivity contribution in [3.8, 4) is 0 Å². The summed E-state index contributed by atoms with van der Waals surface area (Å²) in [4.78, 5) is 39.4. The molecule has 3 aromatic carbocycles. The van der Waals surface area contributed by atoms with Gasteiger partial charge in [-0.05, 0) is 53.9 Å². The number of anilines is 2. The average molecular weight is 460 g/mol. The van der Waals surface area contributed by atoms with Crippen molar-refractivity contribution in [1.82, 2.24) is 4.90 Å². The Balaban J connectivity index is 1.74. The molecule has 0 saturated heterocycles. The van der Waals surface area contributed by atoms with Crippen LogP contribution in [0.5, 0.6) is 0 Å². The monoisotopic (exact) mass is 459 g/mol.